The monoisotopic (exact) mass is 245 g/mol. The number of aromatic nitrogens is 1. The number of carboxylic acids is 2. The van der Waals surface area contributed by atoms with Crippen molar-refractivity contribution in [2.45, 2.75) is 0 Å². The molecule has 0 unspecified atom stereocenters. The van der Waals surface area contributed by atoms with Gasteiger partial charge in [-0.15, -0.1) is 11.3 Å². The average molecular weight is 245 g/mol. The molecule has 0 saturated heterocycles. The van der Waals surface area contributed by atoms with E-state index in [0.717, 1.165) is 11.3 Å². The summed E-state index contributed by atoms with van der Waals surface area (Å²) in [4.78, 5) is 28.9. The highest BCUT2D eigenvalue weighted by Gasteiger charge is 2.17. The first-order valence-electron chi connectivity index (χ1n) is 3.87. The molecule has 0 fully saturated rings. The van der Waals surface area contributed by atoms with Crippen molar-refractivity contribution < 1.29 is 24.6 Å². The Labute approximate surface area is 93.0 Å². The molecular formula is C7H7N3O5S. The minimum Gasteiger partial charge on any atom is -0.479 e. The molecule has 86 valence electrons. The lowest BCUT2D eigenvalue weighted by atomic mass is 10.3. The number of aliphatic carboxylic acids is 2. The van der Waals surface area contributed by atoms with Crippen LogP contribution in [0.2, 0.25) is 0 Å². The number of oxime groups is 1. The Bertz CT molecular complexity index is 441. The molecule has 4 N–H and O–H groups in total. The molecule has 0 spiro atoms. The lowest BCUT2D eigenvalue weighted by Gasteiger charge is -1.97. The summed E-state index contributed by atoms with van der Waals surface area (Å²) in [5.74, 6) is -2.64. The zero-order valence-electron chi connectivity index (χ0n) is 7.78. The van der Waals surface area contributed by atoms with Crippen LogP contribution in [0.15, 0.2) is 10.5 Å². The highest BCUT2D eigenvalue weighted by Crippen LogP contribution is 2.12. The SMILES string of the molecule is Nc1nc(/C(=N/OCC(=O)O)C(=O)O)cs1. The van der Waals surface area contributed by atoms with E-state index in [1.807, 2.05) is 0 Å². The molecule has 0 radical (unpaired) electrons. The van der Waals surface area contributed by atoms with Gasteiger partial charge in [0.1, 0.15) is 5.69 Å². The van der Waals surface area contributed by atoms with Gasteiger partial charge in [-0.1, -0.05) is 5.16 Å². The molecule has 9 heteroatoms. The molecule has 0 aliphatic carbocycles. The fraction of sp³-hybridized carbons (Fsp3) is 0.143. The molecule has 0 amide bonds. The van der Waals surface area contributed by atoms with Crippen molar-refractivity contribution >= 4 is 34.1 Å². The van der Waals surface area contributed by atoms with Crippen LogP contribution >= 0.6 is 11.3 Å². The van der Waals surface area contributed by atoms with Crippen LogP contribution in [-0.2, 0) is 14.4 Å². The van der Waals surface area contributed by atoms with Crippen molar-refractivity contribution in [2.24, 2.45) is 5.16 Å². The Balaban J connectivity index is 2.83. The lowest BCUT2D eigenvalue weighted by molar-refractivity contribution is -0.142. The lowest BCUT2D eigenvalue weighted by Crippen LogP contribution is -2.16. The number of hydrogen-bond donors (Lipinski definition) is 3. The Kier molecular flexibility index (Phi) is 3.78. The first-order valence-corrected chi connectivity index (χ1v) is 4.75. The standard InChI is InChI=1S/C7H7N3O5S/c8-7-9-3(2-16-7)5(6(13)14)10-15-1-4(11)12/h2H,1H2,(H2,8,9)(H,11,12)(H,13,14)/b10-5-. The van der Waals surface area contributed by atoms with Gasteiger partial charge >= 0.3 is 11.9 Å². The molecule has 0 aliphatic heterocycles. The van der Waals surface area contributed by atoms with Crippen LogP contribution in [0.5, 0.6) is 0 Å². The van der Waals surface area contributed by atoms with E-state index in [0.29, 0.717) is 0 Å². The normalized spacial score (nSPS) is 11.1. The number of anilines is 1. The summed E-state index contributed by atoms with van der Waals surface area (Å²) in [5.41, 5.74) is 4.85. The molecule has 16 heavy (non-hydrogen) atoms. The molecule has 0 saturated carbocycles. The van der Waals surface area contributed by atoms with Gasteiger partial charge in [0.25, 0.3) is 0 Å². The minimum atomic E-state index is -1.38. The van der Waals surface area contributed by atoms with E-state index in [4.69, 9.17) is 15.9 Å². The molecule has 1 aromatic rings. The van der Waals surface area contributed by atoms with E-state index in [2.05, 4.69) is 15.0 Å². The van der Waals surface area contributed by atoms with E-state index in [9.17, 15) is 9.59 Å². The maximum atomic E-state index is 10.8. The van der Waals surface area contributed by atoms with Gasteiger partial charge in [-0.25, -0.2) is 14.6 Å². The van der Waals surface area contributed by atoms with Gasteiger partial charge in [0.2, 0.25) is 12.3 Å². The number of hydrogen-bond acceptors (Lipinski definition) is 7. The van der Waals surface area contributed by atoms with Gasteiger partial charge in [0, 0.05) is 5.38 Å². The molecule has 1 aromatic heterocycles. The van der Waals surface area contributed by atoms with Crippen molar-refractivity contribution in [2.75, 3.05) is 12.3 Å². The summed E-state index contributed by atoms with van der Waals surface area (Å²) in [6.07, 6.45) is 0. The Morgan fingerprint density at radius 1 is 1.56 bits per heavy atom. The zero-order chi connectivity index (χ0) is 12.1. The third-order valence-corrected chi connectivity index (χ3v) is 1.98. The maximum absolute atomic E-state index is 10.8. The van der Waals surface area contributed by atoms with Crippen molar-refractivity contribution in [1.29, 1.82) is 0 Å². The predicted molar refractivity (Wildman–Crippen MR) is 54.3 cm³/mol. The molecule has 0 aliphatic rings. The van der Waals surface area contributed by atoms with E-state index < -0.39 is 24.3 Å². The van der Waals surface area contributed by atoms with Crippen LogP contribution in [0.1, 0.15) is 5.69 Å². The Morgan fingerprint density at radius 3 is 2.69 bits per heavy atom. The van der Waals surface area contributed by atoms with Gasteiger partial charge in [0.05, 0.1) is 0 Å². The first-order chi connectivity index (χ1) is 7.50. The summed E-state index contributed by atoms with van der Waals surface area (Å²) in [6, 6.07) is 0. The van der Waals surface area contributed by atoms with Gasteiger partial charge < -0.3 is 20.8 Å². The topological polar surface area (TPSA) is 135 Å². The van der Waals surface area contributed by atoms with E-state index in [1.54, 1.807) is 0 Å². The van der Waals surface area contributed by atoms with E-state index >= 15 is 0 Å². The summed E-state index contributed by atoms with van der Waals surface area (Å²) >= 11 is 1.04. The molecular weight excluding hydrogens is 238 g/mol. The second-order valence-electron chi connectivity index (χ2n) is 2.48. The second-order valence-corrected chi connectivity index (χ2v) is 3.37. The molecule has 0 atom stereocenters. The fourth-order valence-electron chi connectivity index (χ4n) is 0.744. The number of nitrogens with zero attached hydrogens (tertiary/aromatic N) is 2. The third-order valence-electron chi connectivity index (χ3n) is 1.31. The third kappa shape index (κ3) is 3.20. The molecule has 1 heterocycles. The van der Waals surface area contributed by atoms with Crippen LogP contribution in [0, 0.1) is 0 Å². The highest BCUT2D eigenvalue weighted by atomic mass is 32.1. The van der Waals surface area contributed by atoms with Gasteiger partial charge in [-0.3, -0.25) is 0 Å². The summed E-state index contributed by atoms with van der Waals surface area (Å²) in [5, 5.41) is 21.8. The Hall–Kier alpha value is -2.16. The number of rotatable bonds is 5. The van der Waals surface area contributed by atoms with Crippen LogP contribution in [-0.4, -0.2) is 39.5 Å². The van der Waals surface area contributed by atoms with Crippen molar-refractivity contribution in [3.8, 4) is 0 Å². The zero-order valence-corrected chi connectivity index (χ0v) is 8.60. The summed E-state index contributed by atoms with van der Waals surface area (Å²) in [7, 11) is 0. The number of carbonyl (C=O) groups is 2. The average Bonchev–Trinajstić information content (AvgIpc) is 2.58. The molecule has 0 bridgehead atoms. The van der Waals surface area contributed by atoms with E-state index in [1.165, 1.54) is 5.38 Å². The largest absolute Gasteiger partial charge is 0.479 e. The smallest absolute Gasteiger partial charge is 0.360 e. The highest BCUT2D eigenvalue weighted by molar-refractivity contribution is 7.13. The summed E-state index contributed by atoms with van der Waals surface area (Å²) < 4.78 is 0. The first kappa shape index (κ1) is 11.9. The van der Waals surface area contributed by atoms with E-state index in [-0.39, 0.29) is 10.8 Å². The molecule has 0 aromatic carbocycles. The maximum Gasteiger partial charge on any atom is 0.360 e. The number of nitrogen functional groups attached to an aromatic ring is 1. The van der Waals surface area contributed by atoms with Gasteiger partial charge in [-0.2, -0.15) is 0 Å². The summed E-state index contributed by atoms with van der Waals surface area (Å²) in [6.45, 7) is -0.726. The van der Waals surface area contributed by atoms with Crippen LogP contribution in [0.3, 0.4) is 0 Å². The van der Waals surface area contributed by atoms with Crippen LogP contribution < -0.4 is 5.73 Å². The molecule has 8 nitrogen and oxygen atoms in total. The number of thiazole rings is 1. The van der Waals surface area contributed by atoms with Crippen molar-refractivity contribution in [1.82, 2.24) is 4.98 Å². The van der Waals surface area contributed by atoms with Gasteiger partial charge in [-0.05, 0) is 0 Å². The van der Waals surface area contributed by atoms with Gasteiger partial charge in [0.15, 0.2) is 5.13 Å². The van der Waals surface area contributed by atoms with Crippen LogP contribution in [0.4, 0.5) is 5.13 Å². The van der Waals surface area contributed by atoms with Crippen molar-refractivity contribution in [3.63, 3.8) is 0 Å². The second kappa shape index (κ2) is 5.07. The number of carboxylic acid groups (broad SMARTS) is 2. The fourth-order valence-corrected chi connectivity index (χ4v) is 1.29. The predicted octanol–water partition coefficient (Wildman–Crippen LogP) is -0.385. The quantitative estimate of drug-likeness (QED) is 0.475. The number of nitrogens with two attached hydrogens (primary N) is 1. The van der Waals surface area contributed by atoms with Crippen molar-refractivity contribution in [3.05, 3.63) is 11.1 Å². The van der Waals surface area contributed by atoms with Crippen LogP contribution in [0.25, 0.3) is 0 Å². The minimum absolute atomic E-state index is 0.0281. The molecule has 1 rings (SSSR count). The Morgan fingerprint density at radius 2 is 2.25 bits per heavy atom.